The maximum absolute atomic E-state index is 11.6. The summed E-state index contributed by atoms with van der Waals surface area (Å²) in [7, 11) is 0. The molecule has 118 valence electrons. The minimum absolute atomic E-state index is 0.0167. The summed E-state index contributed by atoms with van der Waals surface area (Å²) in [5, 5.41) is 13.5. The lowest BCUT2D eigenvalue weighted by atomic mass is 10.1. The quantitative estimate of drug-likeness (QED) is 0.733. The summed E-state index contributed by atoms with van der Waals surface area (Å²) in [6, 6.07) is 9.97. The van der Waals surface area contributed by atoms with Gasteiger partial charge in [-0.25, -0.2) is 4.98 Å². The van der Waals surface area contributed by atoms with Crippen molar-refractivity contribution >= 4 is 34.3 Å². The molecule has 2 aromatic carbocycles. The number of nitrogens with one attached hydrogen (secondary N) is 1. The number of carbonyl (C=O) groups is 1. The SMILES string of the molecule is CCCC(=O)Nc1ccc(-c2nc3cc(Cl)ccc3o2)c(O)c1. The third-order valence-corrected chi connectivity index (χ3v) is 3.57. The van der Waals surface area contributed by atoms with Gasteiger partial charge in [0, 0.05) is 23.2 Å². The van der Waals surface area contributed by atoms with Crippen molar-refractivity contribution in [2.75, 3.05) is 5.32 Å². The van der Waals surface area contributed by atoms with Crippen LogP contribution in [-0.2, 0) is 4.79 Å². The zero-order valence-corrected chi connectivity index (χ0v) is 13.2. The Hall–Kier alpha value is -2.53. The molecule has 0 saturated carbocycles. The van der Waals surface area contributed by atoms with Crippen molar-refractivity contribution in [1.82, 2.24) is 4.98 Å². The highest BCUT2D eigenvalue weighted by atomic mass is 35.5. The van der Waals surface area contributed by atoms with E-state index in [9.17, 15) is 9.90 Å². The highest BCUT2D eigenvalue weighted by Gasteiger charge is 2.13. The fraction of sp³-hybridized carbons (Fsp3) is 0.176. The number of oxazole rings is 1. The molecule has 0 bridgehead atoms. The number of aromatic hydroxyl groups is 1. The van der Waals surface area contributed by atoms with Crippen LogP contribution in [0.1, 0.15) is 19.8 Å². The van der Waals surface area contributed by atoms with E-state index in [4.69, 9.17) is 16.0 Å². The summed E-state index contributed by atoms with van der Waals surface area (Å²) in [4.78, 5) is 15.9. The number of anilines is 1. The van der Waals surface area contributed by atoms with Gasteiger partial charge in [0.05, 0.1) is 5.56 Å². The fourth-order valence-corrected chi connectivity index (χ4v) is 2.42. The molecule has 0 unspecified atom stereocenters. The van der Waals surface area contributed by atoms with E-state index >= 15 is 0 Å². The summed E-state index contributed by atoms with van der Waals surface area (Å²) in [6.45, 7) is 1.93. The molecule has 0 aliphatic carbocycles. The number of fused-ring (bicyclic) bond motifs is 1. The van der Waals surface area contributed by atoms with Crippen LogP contribution < -0.4 is 5.32 Å². The van der Waals surface area contributed by atoms with Crippen LogP contribution in [0.2, 0.25) is 5.02 Å². The Morgan fingerprint density at radius 1 is 1.30 bits per heavy atom. The van der Waals surface area contributed by atoms with Crippen LogP contribution >= 0.6 is 11.6 Å². The smallest absolute Gasteiger partial charge is 0.231 e. The van der Waals surface area contributed by atoms with Crippen molar-refractivity contribution < 1.29 is 14.3 Å². The second-order valence-corrected chi connectivity index (χ2v) is 5.60. The molecule has 23 heavy (non-hydrogen) atoms. The van der Waals surface area contributed by atoms with Gasteiger partial charge in [-0.15, -0.1) is 0 Å². The van der Waals surface area contributed by atoms with E-state index in [0.29, 0.717) is 39.7 Å². The third-order valence-electron chi connectivity index (χ3n) is 3.34. The van der Waals surface area contributed by atoms with Crippen molar-refractivity contribution in [3.8, 4) is 17.2 Å². The number of aromatic nitrogens is 1. The molecule has 3 aromatic rings. The van der Waals surface area contributed by atoms with E-state index in [1.54, 1.807) is 30.3 Å². The molecule has 2 N–H and O–H groups in total. The van der Waals surface area contributed by atoms with Gasteiger partial charge in [0.25, 0.3) is 0 Å². The average Bonchev–Trinajstić information content (AvgIpc) is 2.90. The first-order valence-electron chi connectivity index (χ1n) is 7.26. The van der Waals surface area contributed by atoms with Gasteiger partial charge in [-0.2, -0.15) is 0 Å². The summed E-state index contributed by atoms with van der Waals surface area (Å²) in [5.41, 5.74) is 2.19. The summed E-state index contributed by atoms with van der Waals surface area (Å²) in [5.74, 6) is 0.194. The summed E-state index contributed by atoms with van der Waals surface area (Å²) >= 11 is 5.93. The Morgan fingerprint density at radius 2 is 2.13 bits per heavy atom. The minimum atomic E-state index is -0.0869. The number of halogens is 1. The number of phenolic OH excluding ortho intramolecular Hbond substituents is 1. The fourth-order valence-electron chi connectivity index (χ4n) is 2.26. The maximum Gasteiger partial charge on any atom is 0.231 e. The lowest BCUT2D eigenvalue weighted by Crippen LogP contribution is -2.10. The van der Waals surface area contributed by atoms with Crippen LogP contribution in [0.15, 0.2) is 40.8 Å². The Morgan fingerprint density at radius 3 is 2.87 bits per heavy atom. The number of hydrogen-bond acceptors (Lipinski definition) is 4. The molecule has 1 amide bonds. The van der Waals surface area contributed by atoms with Crippen molar-refractivity contribution in [3.05, 3.63) is 41.4 Å². The molecule has 1 aromatic heterocycles. The highest BCUT2D eigenvalue weighted by molar-refractivity contribution is 6.31. The lowest BCUT2D eigenvalue weighted by molar-refractivity contribution is -0.116. The van der Waals surface area contributed by atoms with E-state index < -0.39 is 0 Å². The van der Waals surface area contributed by atoms with E-state index in [1.807, 2.05) is 6.92 Å². The van der Waals surface area contributed by atoms with Crippen LogP contribution in [0.25, 0.3) is 22.6 Å². The normalized spacial score (nSPS) is 10.9. The Labute approximate surface area is 137 Å². The highest BCUT2D eigenvalue weighted by Crippen LogP contribution is 2.33. The molecule has 0 aliphatic heterocycles. The maximum atomic E-state index is 11.6. The van der Waals surface area contributed by atoms with Crippen LogP contribution in [0.4, 0.5) is 5.69 Å². The number of phenols is 1. The molecule has 5 nitrogen and oxygen atoms in total. The lowest BCUT2D eigenvalue weighted by Gasteiger charge is -2.06. The number of amides is 1. The van der Waals surface area contributed by atoms with E-state index in [-0.39, 0.29) is 11.7 Å². The zero-order valence-electron chi connectivity index (χ0n) is 12.5. The average molecular weight is 331 g/mol. The molecule has 0 saturated heterocycles. The number of rotatable bonds is 4. The molecule has 0 aliphatic rings. The van der Waals surface area contributed by atoms with Gasteiger partial charge < -0.3 is 14.8 Å². The minimum Gasteiger partial charge on any atom is -0.507 e. The predicted octanol–water partition coefficient (Wildman–Crippen LogP) is 4.59. The topological polar surface area (TPSA) is 75.4 Å². The second kappa shape index (κ2) is 6.30. The first-order valence-corrected chi connectivity index (χ1v) is 7.64. The first kappa shape index (κ1) is 15.4. The van der Waals surface area contributed by atoms with Crippen molar-refractivity contribution in [3.63, 3.8) is 0 Å². The summed E-state index contributed by atoms with van der Waals surface area (Å²) < 4.78 is 5.63. The van der Waals surface area contributed by atoms with Crippen LogP contribution in [-0.4, -0.2) is 16.0 Å². The number of nitrogens with zero attached hydrogens (tertiary/aromatic N) is 1. The second-order valence-electron chi connectivity index (χ2n) is 5.16. The molecule has 0 radical (unpaired) electrons. The third kappa shape index (κ3) is 3.29. The molecule has 0 spiro atoms. The van der Waals surface area contributed by atoms with Gasteiger partial charge in [-0.3, -0.25) is 4.79 Å². The van der Waals surface area contributed by atoms with Crippen molar-refractivity contribution in [2.24, 2.45) is 0 Å². The molecular formula is C17H15ClN2O3. The summed E-state index contributed by atoms with van der Waals surface area (Å²) in [6.07, 6.45) is 1.20. The van der Waals surface area contributed by atoms with Crippen LogP contribution in [0, 0.1) is 0 Å². The van der Waals surface area contributed by atoms with Gasteiger partial charge in [0.2, 0.25) is 11.8 Å². The van der Waals surface area contributed by atoms with Crippen molar-refractivity contribution in [1.29, 1.82) is 0 Å². The van der Waals surface area contributed by atoms with Crippen LogP contribution in [0.3, 0.4) is 0 Å². The number of hydrogen-bond donors (Lipinski definition) is 2. The molecular weight excluding hydrogens is 316 g/mol. The van der Waals surface area contributed by atoms with Gasteiger partial charge in [-0.05, 0) is 36.8 Å². The van der Waals surface area contributed by atoms with E-state index in [1.165, 1.54) is 6.07 Å². The Kier molecular flexibility index (Phi) is 4.21. The molecule has 3 rings (SSSR count). The standard InChI is InChI=1S/C17H15ClN2O3/c1-2-3-16(22)19-11-5-6-12(14(21)9-11)17-20-13-8-10(18)4-7-15(13)23-17/h4-9,21H,2-3H2,1H3,(H,19,22). The van der Waals surface area contributed by atoms with Crippen molar-refractivity contribution in [2.45, 2.75) is 19.8 Å². The Balaban J connectivity index is 1.91. The molecule has 0 atom stereocenters. The zero-order chi connectivity index (χ0) is 16.4. The number of carbonyl (C=O) groups excluding carboxylic acids is 1. The molecule has 1 heterocycles. The van der Waals surface area contributed by atoms with Gasteiger partial charge in [0.15, 0.2) is 5.58 Å². The first-order chi connectivity index (χ1) is 11.1. The largest absolute Gasteiger partial charge is 0.507 e. The molecule has 0 fully saturated rings. The monoisotopic (exact) mass is 330 g/mol. The predicted molar refractivity (Wildman–Crippen MR) is 89.7 cm³/mol. The van der Waals surface area contributed by atoms with E-state index in [2.05, 4.69) is 10.3 Å². The Bertz CT molecular complexity index is 873. The van der Waals surface area contributed by atoms with Gasteiger partial charge in [0.1, 0.15) is 11.3 Å². The van der Waals surface area contributed by atoms with Gasteiger partial charge >= 0.3 is 0 Å². The van der Waals surface area contributed by atoms with Crippen LogP contribution in [0.5, 0.6) is 5.75 Å². The van der Waals surface area contributed by atoms with Gasteiger partial charge in [-0.1, -0.05) is 18.5 Å². The number of benzene rings is 2. The molecule has 6 heteroatoms. The van der Waals surface area contributed by atoms with E-state index in [0.717, 1.165) is 6.42 Å².